The van der Waals surface area contributed by atoms with Crippen LogP contribution in [0.4, 0.5) is 17.1 Å². The van der Waals surface area contributed by atoms with Gasteiger partial charge in [0.05, 0.1) is 0 Å². The maximum absolute atomic E-state index is 2.41. The van der Waals surface area contributed by atoms with Crippen LogP contribution in [0.5, 0.6) is 0 Å². The average Bonchev–Trinajstić information content (AvgIpc) is 3.66. The van der Waals surface area contributed by atoms with Crippen LogP contribution in [0.1, 0.15) is 18.4 Å². The number of thiophene rings is 1. The fourth-order valence-corrected chi connectivity index (χ4v) is 9.21. The van der Waals surface area contributed by atoms with Crippen molar-refractivity contribution in [3.05, 3.63) is 218 Å². The normalized spacial score (nSPS) is 12.5. The molecule has 1 aliphatic rings. The van der Waals surface area contributed by atoms with E-state index in [1.165, 1.54) is 75.8 Å². The third-order valence-corrected chi connectivity index (χ3v) is 12.1. The average molecular weight is 734 g/mol. The van der Waals surface area contributed by atoms with E-state index in [1.807, 2.05) is 11.3 Å². The van der Waals surface area contributed by atoms with Crippen molar-refractivity contribution in [2.45, 2.75) is 12.8 Å². The van der Waals surface area contributed by atoms with Crippen LogP contribution in [0.25, 0.3) is 70.3 Å². The van der Waals surface area contributed by atoms with Crippen molar-refractivity contribution in [2.75, 3.05) is 4.90 Å². The van der Waals surface area contributed by atoms with Gasteiger partial charge in [0.1, 0.15) is 0 Å². The van der Waals surface area contributed by atoms with Crippen molar-refractivity contribution in [2.24, 2.45) is 0 Å². The quantitative estimate of drug-likeness (QED) is 0.150. The number of benzene rings is 8. The molecule has 9 aromatic rings. The Hall–Kier alpha value is -6.74. The molecule has 0 spiro atoms. The summed E-state index contributed by atoms with van der Waals surface area (Å²) < 4.78 is 2.60. The SMILES string of the molecule is C1=CC(c2ccc(-c3ccc(N(c4ccc(-c5ccccc5)cc4)c4cc(-c5ccc(-c6ccccc6)cc5)c5sc6ccccc6c5c4)cc3)cc2)=CCC1. The Balaban J connectivity index is 1.10. The lowest BCUT2D eigenvalue weighted by Gasteiger charge is -2.27. The first-order chi connectivity index (χ1) is 27.7. The third kappa shape index (κ3) is 6.55. The zero-order valence-corrected chi connectivity index (χ0v) is 31.8. The Morgan fingerprint density at radius 3 is 1.41 bits per heavy atom. The van der Waals surface area contributed by atoms with E-state index in [9.17, 15) is 0 Å². The van der Waals surface area contributed by atoms with Crippen LogP contribution in [0.3, 0.4) is 0 Å². The van der Waals surface area contributed by atoms with E-state index >= 15 is 0 Å². The molecular weight excluding hydrogens is 695 g/mol. The van der Waals surface area contributed by atoms with Gasteiger partial charge in [-0.25, -0.2) is 0 Å². The minimum absolute atomic E-state index is 1.11. The largest absolute Gasteiger partial charge is 0.310 e. The van der Waals surface area contributed by atoms with Gasteiger partial charge in [0, 0.05) is 42.8 Å². The molecule has 0 aliphatic heterocycles. The molecule has 266 valence electrons. The molecule has 1 heterocycles. The van der Waals surface area contributed by atoms with Gasteiger partial charge in [0.25, 0.3) is 0 Å². The van der Waals surface area contributed by atoms with Crippen LogP contribution < -0.4 is 4.90 Å². The molecule has 0 saturated carbocycles. The number of nitrogens with zero attached hydrogens (tertiary/aromatic N) is 1. The van der Waals surface area contributed by atoms with Crippen LogP contribution in [-0.2, 0) is 0 Å². The van der Waals surface area contributed by atoms with Crippen LogP contribution in [0, 0.1) is 0 Å². The Bertz CT molecular complexity index is 2850. The van der Waals surface area contributed by atoms with Gasteiger partial charge >= 0.3 is 0 Å². The fourth-order valence-electron chi connectivity index (χ4n) is 7.99. The molecule has 0 N–H and O–H groups in total. The van der Waals surface area contributed by atoms with Crippen molar-refractivity contribution in [3.63, 3.8) is 0 Å². The van der Waals surface area contributed by atoms with Gasteiger partial charge in [-0.2, -0.15) is 0 Å². The second-order valence-corrected chi connectivity index (χ2v) is 15.5. The molecule has 0 atom stereocenters. The Morgan fingerprint density at radius 2 is 0.857 bits per heavy atom. The summed E-state index contributed by atoms with van der Waals surface area (Å²) in [7, 11) is 0. The first-order valence-corrected chi connectivity index (χ1v) is 20.2. The number of hydrogen-bond acceptors (Lipinski definition) is 2. The van der Waals surface area contributed by atoms with E-state index in [4.69, 9.17) is 0 Å². The predicted octanol–water partition coefficient (Wildman–Crippen LogP) is 15.9. The first kappa shape index (κ1) is 33.8. The highest BCUT2D eigenvalue weighted by Gasteiger charge is 2.19. The highest BCUT2D eigenvalue weighted by Crippen LogP contribution is 2.46. The summed E-state index contributed by atoms with van der Waals surface area (Å²) in [5.41, 5.74) is 15.7. The number of anilines is 3. The third-order valence-electron chi connectivity index (χ3n) is 10.9. The molecule has 1 aliphatic carbocycles. The summed E-state index contributed by atoms with van der Waals surface area (Å²) in [5, 5.41) is 2.56. The molecule has 1 aromatic heterocycles. The van der Waals surface area contributed by atoms with E-state index in [0.717, 1.165) is 29.9 Å². The lowest BCUT2D eigenvalue weighted by Crippen LogP contribution is -2.10. The lowest BCUT2D eigenvalue weighted by molar-refractivity contribution is 1.04. The van der Waals surface area contributed by atoms with Gasteiger partial charge in [-0.05, 0) is 105 Å². The predicted molar refractivity (Wildman–Crippen MR) is 242 cm³/mol. The topological polar surface area (TPSA) is 3.24 Å². The second-order valence-electron chi connectivity index (χ2n) is 14.4. The zero-order chi connectivity index (χ0) is 37.3. The summed E-state index contributed by atoms with van der Waals surface area (Å²) in [4.78, 5) is 2.41. The van der Waals surface area contributed by atoms with Crippen LogP contribution in [-0.4, -0.2) is 0 Å². The van der Waals surface area contributed by atoms with E-state index in [0.29, 0.717) is 0 Å². The van der Waals surface area contributed by atoms with E-state index in [2.05, 4.69) is 217 Å². The van der Waals surface area contributed by atoms with Crippen molar-refractivity contribution in [1.29, 1.82) is 0 Å². The molecule has 2 heteroatoms. The molecule has 10 rings (SSSR count). The molecule has 56 heavy (non-hydrogen) atoms. The molecule has 0 amide bonds. The number of hydrogen-bond donors (Lipinski definition) is 0. The van der Waals surface area contributed by atoms with Crippen molar-refractivity contribution in [1.82, 2.24) is 0 Å². The minimum atomic E-state index is 1.11. The maximum atomic E-state index is 2.41. The number of rotatable bonds is 8. The van der Waals surface area contributed by atoms with Crippen LogP contribution in [0.15, 0.2) is 212 Å². The van der Waals surface area contributed by atoms with Crippen LogP contribution >= 0.6 is 11.3 Å². The Morgan fingerprint density at radius 1 is 0.375 bits per heavy atom. The smallest absolute Gasteiger partial charge is 0.0475 e. The van der Waals surface area contributed by atoms with Crippen molar-refractivity contribution >= 4 is 54.1 Å². The molecule has 0 fully saturated rings. The van der Waals surface area contributed by atoms with Crippen LogP contribution in [0.2, 0.25) is 0 Å². The molecule has 0 bridgehead atoms. The second kappa shape index (κ2) is 14.8. The van der Waals surface area contributed by atoms with Crippen molar-refractivity contribution in [3.8, 4) is 44.5 Å². The van der Waals surface area contributed by atoms with Crippen molar-refractivity contribution < 1.29 is 0 Å². The molecule has 0 unspecified atom stereocenters. The fraction of sp³-hybridized carbons (Fsp3) is 0.0370. The maximum Gasteiger partial charge on any atom is 0.0475 e. The van der Waals surface area contributed by atoms with Gasteiger partial charge in [-0.15, -0.1) is 11.3 Å². The summed E-state index contributed by atoms with van der Waals surface area (Å²) >= 11 is 1.88. The monoisotopic (exact) mass is 733 g/mol. The molecular formula is C54H39NS. The van der Waals surface area contributed by atoms with Gasteiger partial charge < -0.3 is 4.90 Å². The highest BCUT2D eigenvalue weighted by molar-refractivity contribution is 7.26. The van der Waals surface area contributed by atoms with E-state index in [1.54, 1.807) is 0 Å². The number of allylic oxidation sites excluding steroid dienone is 4. The summed E-state index contributed by atoms with van der Waals surface area (Å²) in [6.45, 7) is 0. The molecule has 1 nitrogen and oxygen atoms in total. The lowest BCUT2D eigenvalue weighted by atomic mass is 9.96. The Kier molecular flexibility index (Phi) is 8.95. The van der Waals surface area contributed by atoms with E-state index in [-0.39, 0.29) is 0 Å². The summed E-state index contributed by atoms with van der Waals surface area (Å²) in [5.74, 6) is 0. The number of fused-ring (bicyclic) bond motifs is 3. The zero-order valence-electron chi connectivity index (χ0n) is 31.0. The van der Waals surface area contributed by atoms with Gasteiger partial charge in [0.2, 0.25) is 0 Å². The van der Waals surface area contributed by atoms with Gasteiger partial charge in [-0.3, -0.25) is 0 Å². The van der Waals surface area contributed by atoms with Gasteiger partial charge in [0.15, 0.2) is 0 Å². The molecule has 8 aromatic carbocycles. The summed E-state index contributed by atoms with van der Waals surface area (Å²) in [6, 6.07) is 71.0. The van der Waals surface area contributed by atoms with E-state index < -0.39 is 0 Å². The van der Waals surface area contributed by atoms with Gasteiger partial charge in [-0.1, -0.05) is 170 Å². The highest BCUT2D eigenvalue weighted by atomic mass is 32.1. The minimum Gasteiger partial charge on any atom is -0.310 e. The first-order valence-electron chi connectivity index (χ1n) is 19.4. The standard InChI is InChI=1S/C54H39NS/c1-4-12-38(13-5-1)41-20-22-43(23-21-41)45-30-34-48(35-31-45)55(47-32-28-44(29-33-47)40-16-8-3-9-17-40)49-36-51(54-52(37-49)50-18-10-11-19-53(50)56-54)46-26-24-42(25-27-46)39-14-6-2-7-15-39/h2-4,6-37H,1,5H2. The molecule has 0 saturated heterocycles. The molecule has 0 radical (unpaired) electrons. The Labute approximate surface area is 332 Å². The summed E-state index contributed by atoms with van der Waals surface area (Å²) in [6.07, 6.45) is 9.09.